The Morgan fingerprint density at radius 2 is 1.55 bits per heavy atom. The van der Waals surface area contributed by atoms with Gasteiger partial charge < -0.3 is 11.1 Å². The van der Waals surface area contributed by atoms with Crippen molar-refractivity contribution in [3.05, 3.63) is 71.3 Å². The van der Waals surface area contributed by atoms with Crippen molar-refractivity contribution in [3.63, 3.8) is 0 Å². The summed E-state index contributed by atoms with van der Waals surface area (Å²) in [6.07, 6.45) is 1.28. The maximum Gasteiger partial charge on any atom is 0.224 e. The molecule has 0 fully saturated rings. The van der Waals surface area contributed by atoms with Crippen LogP contribution in [-0.2, 0) is 24.2 Å². The Hall–Kier alpha value is -2.13. The lowest BCUT2D eigenvalue weighted by atomic mass is 10.1. The Labute approximate surface area is 119 Å². The van der Waals surface area contributed by atoms with Gasteiger partial charge >= 0.3 is 0 Å². The number of benzene rings is 2. The smallest absolute Gasteiger partial charge is 0.224 e. The highest BCUT2D eigenvalue weighted by molar-refractivity contribution is 5.78. The summed E-state index contributed by atoms with van der Waals surface area (Å²) in [6, 6.07) is 18.0. The Balaban J connectivity index is 1.74. The van der Waals surface area contributed by atoms with Crippen LogP contribution in [0.5, 0.6) is 0 Å². The van der Waals surface area contributed by atoms with Crippen LogP contribution in [0.25, 0.3) is 0 Å². The van der Waals surface area contributed by atoms with Gasteiger partial charge in [0, 0.05) is 13.1 Å². The number of carbonyl (C=O) groups is 1. The second-order valence-corrected chi connectivity index (χ2v) is 4.78. The van der Waals surface area contributed by atoms with Gasteiger partial charge in [0.2, 0.25) is 5.91 Å². The summed E-state index contributed by atoms with van der Waals surface area (Å²) in [4.78, 5) is 11.8. The minimum atomic E-state index is 0.0569. The molecule has 1 amide bonds. The highest BCUT2D eigenvalue weighted by atomic mass is 16.1. The van der Waals surface area contributed by atoms with Crippen LogP contribution in [-0.4, -0.2) is 12.5 Å². The van der Waals surface area contributed by atoms with Crippen molar-refractivity contribution in [2.45, 2.75) is 19.4 Å². The monoisotopic (exact) mass is 268 g/mol. The highest BCUT2D eigenvalue weighted by Crippen LogP contribution is 2.04. The van der Waals surface area contributed by atoms with Gasteiger partial charge in [-0.3, -0.25) is 4.79 Å². The second kappa shape index (κ2) is 7.46. The lowest BCUT2D eigenvalue weighted by molar-refractivity contribution is -0.120. The van der Waals surface area contributed by atoms with Gasteiger partial charge in [0.25, 0.3) is 0 Å². The molecule has 0 saturated heterocycles. The molecule has 0 unspecified atom stereocenters. The number of hydrogen-bond donors (Lipinski definition) is 2. The molecule has 20 heavy (non-hydrogen) atoms. The van der Waals surface area contributed by atoms with Crippen LogP contribution in [0.2, 0.25) is 0 Å². The van der Waals surface area contributed by atoms with E-state index in [0.717, 1.165) is 17.5 Å². The molecule has 2 rings (SSSR count). The predicted octanol–water partition coefficient (Wildman–Crippen LogP) is 2.05. The molecular formula is C17H20N2O. The van der Waals surface area contributed by atoms with Gasteiger partial charge in [-0.1, -0.05) is 54.6 Å². The van der Waals surface area contributed by atoms with Crippen molar-refractivity contribution in [1.29, 1.82) is 0 Å². The van der Waals surface area contributed by atoms with Crippen LogP contribution >= 0.6 is 0 Å². The summed E-state index contributed by atoms with van der Waals surface area (Å²) >= 11 is 0. The first-order valence-electron chi connectivity index (χ1n) is 6.86. The molecule has 2 aromatic rings. The van der Waals surface area contributed by atoms with Gasteiger partial charge in [-0.2, -0.15) is 0 Å². The number of nitrogens with two attached hydrogens (primary N) is 1. The van der Waals surface area contributed by atoms with Gasteiger partial charge in [0.05, 0.1) is 6.42 Å². The molecule has 3 nitrogen and oxygen atoms in total. The Kier molecular flexibility index (Phi) is 5.33. The van der Waals surface area contributed by atoms with E-state index >= 15 is 0 Å². The molecule has 3 heteroatoms. The predicted molar refractivity (Wildman–Crippen MR) is 81.2 cm³/mol. The van der Waals surface area contributed by atoms with Crippen molar-refractivity contribution in [3.8, 4) is 0 Å². The van der Waals surface area contributed by atoms with Gasteiger partial charge in [0.1, 0.15) is 0 Å². The number of carbonyl (C=O) groups excluding carboxylic acids is 1. The van der Waals surface area contributed by atoms with Crippen molar-refractivity contribution in [1.82, 2.24) is 5.32 Å². The van der Waals surface area contributed by atoms with E-state index in [2.05, 4.69) is 17.4 Å². The van der Waals surface area contributed by atoms with E-state index in [1.54, 1.807) is 0 Å². The average molecular weight is 268 g/mol. The minimum Gasteiger partial charge on any atom is -0.355 e. The fraction of sp³-hybridized carbons (Fsp3) is 0.235. The fourth-order valence-electron chi connectivity index (χ4n) is 2.03. The number of rotatable bonds is 6. The van der Waals surface area contributed by atoms with Crippen LogP contribution in [0.1, 0.15) is 16.7 Å². The minimum absolute atomic E-state index is 0.0569. The zero-order valence-electron chi connectivity index (χ0n) is 11.5. The maximum atomic E-state index is 11.8. The van der Waals surface area contributed by atoms with Crippen LogP contribution < -0.4 is 11.1 Å². The van der Waals surface area contributed by atoms with E-state index < -0.39 is 0 Å². The van der Waals surface area contributed by atoms with E-state index in [-0.39, 0.29) is 5.91 Å². The number of amides is 1. The SMILES string of the molecule is NCc1ccc(CC(=O)NCCc2ccccc2)cc1. The molecular weight excluding hydrogens is 248 g/mol. The molecule has 0 atom stereocenters. The van der Waals surface area contributed by atoms with Crippen LogP contribution in [0.15, 0.2) is 54.6 Å². The highest BCUT2D eigenvalue weighted by Gasteiger charge is 2.03. The van der Waals surface area contributed by atoms with Crippen molar-refractivity contribution < 1.29 is 4.79 Å². The van der Waals surface area contributed by atoms with E-state index in [1.165, 1.54) is 5.56 Å². The summed E-state index contributed by atoms with van der Waals surface area (Å²) in [6.45, 7) is 1.20. The Bertz CT molecular complexity index is 535. The van der Waals surface area contributed by atoms with Crippen LogP contribution in [0.4, 0.5) is 0 Å². The Morgan fingerprint density at radius 3 is 2.20 bits per heavy atom. The topological polar surface area (TPSA) is 55.1 Å². The molecule has 0 heterocycles. The third-order valence-electron chi connectivity index (χ3n) is 3.20. The molecule has 0 spiro atoms. The molecule has 0 aliphatic rings. The van der Waals surface area contributed by atoms with E-state index in [4.69, 9.17) is 5.73 Å². The van der Waals surface area contributed by atoms with E-state index in [9.17, 15) is 4.79 Å². The molecule has 0 bridgehead atoms. The fourth-order valence-corrected chi connectivity index (χ4v) is 2.03. The molecule has 104 valence electrons. The number of nitrogens with one attached hydrogen (secondary N) is 1. The third kappa shape index (κ3) is 4.52. The van der Waals surface area contributed by atoms with Crippen molar-refractivity contribution in [2.75, 3.05) is 6.54 Å². The molecule has 0 radical (unpaired) electrons. The first-order valence-corrected chi connectivity index (χ1v) is 6.86. The van der Waals surface area contributed by atoms with Gasteiger partial charge in [-0.05, 0) is 23.1 Å². The second-order valence-electron chi connectivity index (χ2n) is 4.78. The Morgan fingerprint density at radius 1 is 0.900 bits per heavy atom. The number of hydrogen-bond acceptors (Lipinski definition) is 2. The van der Waals surface area contributed by atoms with Crippen LogP contribution in [0.3, 0.4) is 0 Å². The zero-order chi connectivity index (χ0) is 14.2. The van der Waals surface area contributed by atoms with Gasteiger partial charge in [0.15, 0.2) is 0 Å². The van der Waals surface area contributed by atoms with E-state index in [0.29, 0.717) is 19.5 Å². The standard InChI is InChI=1S/C17H20N2O/c18-13-16-8-6-15(7-9-16)12-17(20)19-11-10-14-4-2-1-3-5-14/h1-9H,10-13,18H2,(H,19,20). The summed E-state index contributed by atoms with van der Waals surface area (Å²) in [7, 11) is 0. The van der Waals surface area contributed by atoms with Crippen LogP contribution in [0, 0.1) is 0 Å². The molecule has 0 aliphatic carbocycles. The summed E-state index contributed by atoms with van der Waals surface area (Å²) in [5.41, 5.74) is 8.87. The first-order chi connectivity index (χ1) is 9.78. The van der Waals surface area contributed by atoms with Gasteiger partial charge in [-0.15, -0.1) is 0 Å². The molecule has 2 aromatic carbocycles. The summed E-state index contributed by atoms with van der Waals surface area (Å²) in [5.74, 6) is 0.0569. The molecule has 3 N–H and O–H groups in total. The molecule has 0 aromatic heterocycles. The normalized spacial score (nSPS) is 10.2. The van der Waals surface area contributed by atoms with Gasteiger partial charge in [-0.25, -0.2) is 0 Å². The van der Waals surface area contributed by atoms with E-state index in [1.807, 2.05) is 42.5 Å². The third-order valence-corrected chi connectivity index (χ3v) is 3.20. The maximum absolute atomic E-state index is 11.8. The molecule has 0 aliphatic heterocycles. The largest absolute Gasteiger partial charge is 0.355 e. The zero-order valence-corrected chi connectivity index (χ0v) is 11.5. The summed E-state index contributed by atoms with van der Waals surface area (Å²) in [5, 5.41) is 2.94. The van der Waals surface area contributed by atoms with Crippen molar-refractivity contribution in [2.24, 2.45) is 5.73 Å². The lowest BCUT2D eigenvalue weighted by Gasteiger charge is -2.06. The van der Waals surface area contributed by atoms with Crippen molar-refractivity contribution >= 4 is 5.91 Å². The molecule has 0 saturated carbocycles. The quantitative estimate of drug-likeness (QED) is 0.842. The lowest BCUT2D eigenvalue weighted by Crippen LogP contribution is -2.27. The summed E-state index contributed by atoms with van der Waals surface area (Å²) < 4.78 is 0. The average Bonchev–Trinajstić information content (AvgIpc) is 2.49. The first kappa shape index (κ1) is 14.3.